The minimum absolute atomic E-state index is 0.0398. The number of halogens is 2. The number of Topliss-reactive ketones (excluding diaryl/α,β-unsaturated/α-hetero) is 1. The van der Waals surface area contributed by atoms with E-state index in [2.05, 4.69) is 4.99 Å². The fraction of sp³-hybridized carbons (Fsp3) is 0.412. The number of fused-ring (bicyclic) bond motifs is 1. The zero-order valence-corrected chi connectivity index (χ0v) is 15.7. The first-order valence-electron chi connectivity index (χ1n) is 7.89. The average molecular weight is 459 g/mol. The van der Waals surface area contributed by atoms with Crippen molar-refractivity contribution < 1.29 is 17.6 Å². The summed E-state index contributed by atoms with van der Waals surface area (Å²) < 4.78 is 39.3. The molecule has 7 heteroatoms. The number of allylic oxidation sites excluding steroid dienone is 2. The summed E-state index contributed by atoms with van der Waals surface area (Å²) in [5, 5.41) is 0. The largest absolute Gasteiger partial charge is 0.299 e. The van der Waals surface area contributed by atoms with Crippen LogP contribution >= 0.6 is 22.6 Å². The van der Waals surface area contributed by atoms with Crippen LogP contribution in [0.25, 0.3) is 0 Å². The third-order valence-electron chi connectivity index (χ3n) is 4.99. The molecule has 126 valence electrons. The summed E-state index contributed by atoms with van der Waals surface area (Å²) in [5.41, 5.74) is 2.08. The van der Waals surface area contributed by atoms with Crippen LogP contribution in [-0.4, -0.2) is 25.7 Å². The second-order valence-corrected chi connectivity index (χ2v) is 9.67. The quantitative estimate of drug-likeness (QED) is 0.606. The fourth-order valence-corrected chi connectivity index (χ4v) is 6.33. The monoisotopic (exact) mass is 459 g/mol. The van der Waals surface area contributed by atoms with Crippen LogP contribution in [0.5, 0.6) is 0 Å². The number of hydrogen-bond donors (Lipinski definition) is 0. The predicted octanol–water partition coefficient (Wildman–Crippen LogP) is 3.37. The smallest absolute Gasteiger partial charge is 0.177 e. The molecule has 3 aliphatic rings. The lowest BCUT2D eigenvalue weighted by molar-refractivity contribution is -0.121. The number of ketones is 1. The standard InChI is InChI=1S/C17H15FINO3S/c18-10-5-4-9(8-11(10)19)15-16-12(2-1-3-14(16)21)20-13-6-7-24(22,23)17(13)15/h4-5,8,15-16H,1-3,6-7H2. The fourth-order valence-electron chi connectivity index (χ4n) is 3.95. The highest BCUT2D eigenvalue weighted by atomic mass is 127. The first kappa shape index (κ1) is 16.4. The van der Waals surface area contributed by atoms with Gasteiger partial charge in [0.25, 0.3) is 0 Å². The zero-order chi connectivity index (χ0) is 17.1. The molecule has 1 saturated carbocycles. The van der Waals surface area contributed by atoms with Crippen LogP contribution in [0.4, 0.5) is 4.39 Å². The van der Waals surface area contributed by atoms with Gasteiger partial charge in [-0.05, 0) is 53.1 Å². The molecule has 0 bridgehead atoms. The van der Waals surface area contributed by atoms with Gasteiger partial charge in [-0.25, -0.2) is 12.8 Å². The highest BCUT2D eigenvalue weighted by molar-refractivity contribution is 14.1. The number of carbonyl (C=O) groups is 1. The molecule has 1 fully saturated rings. The molecule has 0 saturated heterocycles. The topological polar surface area (TPSA) is 63.6 Å². The molecule has 1 aliphatic carbocycles. The van der Waals surface area contributed by atoms with E-state index in [-0.39, 0.29) is 22.3 Å². The van der Waals surface area contributed by atoms with Crippen molar-refractivity contribution in [1.82, 2.24) is 0 Å². The number of benzene rings is 1. The summed E-state index contributed by atoms with van der Waals surface area (Å²) in [7, 11) is -3.42. The van der Waals surface area contributed by atoms with Gasteiger partial charge in [-0.3, -0.25) is 9.79 Å². The van der Waals surface area contributed by atoms with E-state index in [0.717, 1.165) is 18.6 Å². The Labute approximate surface area is 153 Å². The van der Waals surface area contributed by atoms with Gasteiger partial charge in [-0.2, -0.15) is 0 Å². The maximum atomic E-state index is 13.7. The molecule has 2 aliphatic heterocycles. The lowest BCUT2D eigenvalue weighted by atomic mass is 9.72. The van der Waals surface area contributed by atoms with Crippen molar-refractivity contribution in [1.29, 1.82) is 0 Å². The number of carbonyl (C=O) groups excluding carboxylic acids is 1. The van der Waals surface area contributed by atoms with E-state index >= 15 is 0 Å². The zero-order valence-electron chi connectivity index (χ0n) is 12.8. The van der Waals surface area contributed by atoms with E-state index in [1.807, 2.05) is 22.6 Å². The van der Waals surface area contributed by atoms with Gasteiger partial charge < -0.3 is 0 Å². The predicted molar refractivity (Wildman–Crippen MR) is 97.1 cm³/mol. The van der Waals surface area contributed by atoms with Crippen LogP contribution in [-0.2, 0) is 14.6 Å². The van der Waals surface area contributed by atoms with Gasteiger partial charge in [0, 0.05) is 28.0 Å². The minimum Gasteiger partial charge on any atom is -0.299 e. The molecule has 0 N–H and O–H groups in total. The van der Waals surface area contributed by atoms with Crippen LogP contribution in [0.15, 0.2) is 33.8 Å². The molecule has 0 radical (unpaired) electrons. The molecule has 0 aromatic heterocycles. The summed E-state index contributed by atoms with van der Waals surface area (Å²) >= 11 is 1.89. The first-order chi connectivity index (χ1) is 11.4. The molecule has 2 atom stereocenters. The molecule has 4 rings (SSSR count). The van der Waals surface area contributed by atoms with Gasteiger partial charge in [0.2, 0.25) is 0 Å². The molecule has 2 unspecified atom stereocenters. The summed E-state index contributed by atoms with van der Waals surface area (Å²) in [4.78, 5) is 17.4. The van der Waals surface area contributed by atoms with Gasteiger partial charge in [0.1, 0.15) is 11.6 Å². The van der Waals surface area contributed by atoms with Gasteiger partial charge in [-0.15, -0.1) is 0 Å². The molecule has 1 aromatic carbocycles. The van der Waals surface area contributed by atoms with E-state index in [0.29, 0.717) is 27.7 Å². The second kappa shape index (κ2) is 5.72. The summed E-state index contributed by atoms with van der Waals surface area (Å²) in [5.74, 6) is -1.33. The highest BCUT2D eigenvalue weighted by Gasteiger charge is 2.47. The molecule has 4 nitrogen and oxygen atoms in total. The molecule has 24 heavy (non-hydrogen) atoms. The van der Waals surface area contributed by atoms with Crippen LogP contribution in [0.2, 0.25) is 0 Å². The lowest BCUT2D eigenvalue weighted by Gasteiger charge is -2.34. The second-order valence-electron chi connectivity index (χ2n) is 6.43. The molecule has 0 amide bonds. The Morgan fingerprint density at radius 1 is 1.17 bits per heavy atom. The Morgan fingerprint density at radius 2 is 1.96 bits per heavy atom. The van der Waals surface area contributed by atoms with Crippen molar-refractivity contribution >= 4 is 43.9 Å². The highest BCUT2D eigenvalue weighted by Crippen LogP contribution is 2.48. The van der Waals surface area contributed by atoms with Gasteiger partial charge in [0.05, 0.1) is 22.3 Å². The summed E-state index contributed by atoms with van der Waals surface area (Å²) in [6.07, 6.45) is 2.33. The number of hydrogen-bond acceptors (Lipinski definition) is 4. The van der Waals surface area contributed by atoms with Gasteiger partial charge in [-0.1, -0.05) is 6.07 Å². The van der Waals surface area contributed by atoms with Crippen molar-refractivity contribution in [3.8, 4) is 0 Å². The van der Waals surface area contributed by atoms with Crippen molar-refractivity contribution in [2.45, 2.75) is 31.6 Å². The molecular weight excluding hydrogens is 444 g/mol. The SMILES string of the molecule is O=C1CCCC2=NC3=C(C(c4ccc(F)c(I)c4)C12)S(=O)(=O)CC3. The van der Waals surface area contributed by atoms with E-state index in [4.69, 9.17) is 0 Å². The Bertz CT molecular complexity index is 920. The number of aliphatic imine (C=N–C) groups is 1. The van der Waals surface area contributed by atoms with Crippen molar-refractivity contribution in [2.75, 3.05) is 5.75 Å². The normalized spacial score (nSPS) is 28.4. The van der Waals surface area contributed by atoms with Crippen LogP contribution in [0.1, 0.15) is 37.2 Å². The van der Waals surface area contributed by atoms with Crippen LogP contribution < -0.4 is 0 Å². The Balaban J connectivity index is 1.94. The summed E-state index contributed by atoms with van der Waals surface area (Å²) in [6.45, 7) is 0. The lowest BCUT2D eigenvalue weighted by Crippen LogP contribution is -2.38. The van der Waals surface area contributed by atoms with Gasteiger partial charge >= 0.3 is 0 Å². The molecular formula is C17H15FINO3S. The number of rotatable bonds is 1. The van der Waals surface area contributed by atoms with Crippen molar-refractivity contribution in [2.24, 2.45) is 10.9 Å². The van der Waals surface area contributed by atoms with E-state index in [9.17, 15) is 17.6 Å². The van der Waals surface area contributed by atoms with Crippen molar-refractivity contribution in [3.05, 3.63) is 43.8 Å². The third-order valence-corrected chi connectivity index (χ3v) is 7.71. The Morgan fingerprint density at radius 3 is 2.71 bits per heavy atom. The third kappa shape index (κ3) is 2.47. The maximum absolute atomic E-state index is 13.7. The van der Waals surface area contributed by atoms with E-state index in [1.165, 1.54) is 6.07 Å². The number of nitrogens with zero attached hydrogens (tertiary/aromatic N) is 1. The molecule has 1 aromatic rings. The molecule has 2 heterocycles. The van der Waals surface area contributed by atoms with Gasteiger partial charge in [0.15, 0.2) is 9.84 Å². The van der Waals surface area contributed by atoms with Crippen LogP contribution in [0.3, 0.4) is 0 Å². The minimum atomic E-state index is -3.42. The van der Waals surface area contributed by atoms with E-state index < -0.39 is 21.7 Å². The average Bonchev–Trinajstić information content (AvgIpc) is 2.84. The Hall–Kier alpha value is -1.09. The Kier molecular flexibility index (Phi) is 3.91. The summed E-state index contributed by atoms with van der Waals surface area (Å²) in [6, 6.07) is 4.60. The first-order valence-corrected chi connectivity index (χ1v) is 10.6. The maximum Gasteiger partial charge on any atom is 0.177 e. The van der Waals surface area contributed by atoms with Crippen molar-refractivity contribution in [3.63, 3.8) is 0 Å². The molecule has 0 spiro atoms. The van der Waals surface area contributed by atoms with Crippen LogP contribution in [0, 0.1) is 15.3 Å². The number of sulfone groups is 1. The van der Waals surface area contributed by atoms with E-state index in [1.54, 1.807) is 12.1 Å².